The standard InChI is InChI=1S/C50H30F6N2/c51-49(52,53)35-28-32(29-36(30-35)50(54,55)56)31-25-33(37-13-1-7-19-43(37)57-45-21-9-3-15-39(45)40-16-4-10-22-46(40)57)27-34(26-31)38-14-2-8-20-44(38)58-47-23-11-5-17-41(47)42-18-6-12-24-48(42)58/h1-30H. The number of nitrogens with zero attached hydrogens (tertiary/aromatic N) is 2. The summed E-state index contributed by atoms with van der Waals surface area (Å²) in [4.78, 5) is 0. The zero-order valence-electron chi connectivity index (χ0n) is 30.5. The maximum absolute atomic E-state index is 14.3. The number of para-hydroxylation sites is 6. The number of benzene rings is 8. The van der Waals surface area contributed by atoms with Crippen molar-refractivity contribution in [2.45, 2.75) is 12.4 Å². The van der Waals surface area contributed by atoms with Crippen LogP contribution in [0.2, 0.25) is 0 Å². The number of alkyl halides is 6. The molecule has 0 spiro atoms. The number of hydrogen-bond acceptors (Lipinski definition) is 0. The first-order valence-corrected chi connectivity index (χ1v) is 18.7. The lowest BCUT2D eigenvalue weighted by molar-refractivity contribution is -0.143. The Balaban J connectivity index is 1.28. The van der Waals surface area contributed by atoms with Crippen LogP contribution >= 0.6 is 0 Å². The molecule has 0 unspecified atom stereocenters. The lowest BCUT2D eigenvalue weighted by Crippen LogP contribution is -2.11. The minimum absolute atomic E-state index is 0.170. The summed E-state index contributed by atoms with van der Waals surface area (Å²) < 4.78 is 90.1. The van der Waals surface area contributed by atoms with E-state index in [9.17, 15) is 26.3 Å². The van der Waals surface area contributed by atoms with Crippen molar-refractivity contribution in [3.05, 3.63) is 193 Å². The van der Waals surface area contributed by atoms with Crippen LogP contribution in [0.5, 0.6) is 0 Å². The predicted molar refractivity (Wildman–Crippen MR) is 221 cm³/mol. The van der Waals surface area contributed by atoms with E-state index in [1.807, 2.05) is 127 Å². The molecule has 10 rings (SSSR count). The molecule has 0 fully saturated rings. The van der Waals surface area contributed by atoms with Gasteiger partial charge in [0, 0.05) is 32.7 Å². The molecule has 282 valence electrons. The van der Waals surface area contributed by atoms with Crippen LogP contribution in [-0.2, 0) is 12.4 Å². The lowest BCUT2D eigenvalue weighted by atomic mass is 9.90. The molecule has 0 saturated carbocycles. The van der Waals surface area contributed by atoms with E-state index in [0.29, 0.717) is 11.1 Å². The van der Waals surface area contributed by atoms with Gasteiger partial charge in [-0.15, -0.1) is 0 Å². The monoisotopic (exact) mass is 772 g/mol. The molecule has 2 heterocycles. The Morgan fingerprint density at radius 1 is 0.293 bits per heavy atom. The molecule has 10 aromatic rings. The van der Waals surface area contributed by atoms with E-state index in [2.05, 4.69) is 33.4 Å². The van der Waals surface area contributed by atoms with Crippen molar-refractivity contribution >= 4 is 43.6 Å². The van der Waals surface area contributed by atoms with Crippen LogP contribution in [0, 0.1) is 0 Å². The highest BCUT2D eigenvalue weighted by atomic mass is 19.4. The largest absolute Gasteiger partial charge is 0.416 e. The van der Waals surface area contributed by atoms with Gasteiger partial charge in [0.15, 0.2) is 0 Å². The SMILES string of the molecule is FC(F)(F)c1cc(-c2cc(-c3ccccc3-n3c4ccccc4c4ccccc43)cc(-c3ccccc3-n3c4ccccc4c4ccccc43)c2)cc(C(F)(F)F)c1. The number of halogens is 6. The van der Waals surface area contributed by atoms with Gasteiger partial charge in [-0.05, 0) is 95.1 Å². The molecule has 58 heavy (non-hydrogen) atoms. The molecule has 0 aliphatic heterocycles. The van der Waals surface area contributed by atoms with Crippen molar-refractivity contribution in [2.24, 2.45) is 0 Å². The summed E-state index contributed by atoms with van der Waals surface area (Å²) in [5, 5.41) is 4.19. The second kappa shape index (κ2) is 13.3. The normalized spacial score (nSPS) is 12.3. The van der Waals surface area contributed by atoms with Crippen molar-refractivity contribution in [3.63, 3.8) is 0 Å². The highest BCUT2D eigenvalue weighted by molar-refractivity contribution is 6.11. The highest BCUT2D eigenvalue weighted by Gasteiger charge is 2.37. The zero-order valence-corrected chi connectivity index (χ0v) is 30.5. The summed E-state index contributed by atoms with van der Waals surface area (Å²) in [5.74, 6) is 0. The first kappa shape index (κ1) is 35.4. The summed E-state index contributed by atoms with van der Waals surface area (Å²) in [6.07, 6.45) is -10.0. The summed E-state index contributed by atoms with van der Waals surface area (Å²) in [7, 11) is 0. The lowest BCUT2D eigenvalue weighted by Gasteiger charge is -2.19. The third kappa shape index (κ3) is 5.83. The number of aromatic nitrogens is 2. The number of rotatable bonds is 5. The van der Waals surface area contributed by atoms with Gasteiger partial charge in [-0.1, -0.05) is 109 Å². The van der Waals surface area contributed by atoms with Gasteiger partial charge in [0.25, 0.3) is 0 Å². The van der Waals surface area contributed by atoms with E-state index >= 15 is 0 Å². The van der Waals surface area contributed by atoms with Crippen molar-refractivity contribution < 1.29 is 26.3 Å². The minimum atomic E-state index is -5.01. The molecule has 0 aliphatic rings. The Labute approximate surface area is 328 Å². The van der Waals surface area contributed by atoms with Crippen molar-refractivity contribution in [2.75, 3.05) is 0 Å². The molecule has 2 aromatic heterocycles. The molecule has 0 bridgehead atoms. The second-order valence-corrected chi connectivity index (χ2v) is 14.4. The van der Waals surface area contributed by atoms with Crippen LogP contribution < -0.4 is 0 Å². The quantitative estimate of drug-likeness (QED) is 0.154. The Hall–Kier alpha value is -7.06. The molecule has 2 nitrogen and oxygen atoms in total. The summed E-state index contributed by atoms with van der Waals surface area (Å²) >= 11 is 0. The molecule has 0 radical (unpaired) electrons. The molecule has 0 aliphatic carbocycles. The average Bonchev–Trinajstić information content (AvgIpc) is 3.76. The van der Waals surface area contributed by atoms with Gasteiger partial charge in [0.05, 0.1) is 44.6 Å². The summed E-state index contributed by atoms with van der Waals surface area (Å²) in [6, 6.07) is 54.8. The summed E-state index contributed by atoms with van der Waals surface area (Å²) in [6.45, 7) is 0. The van der Waals surface area contributed by atoms with Crippen molar-refractivity contribution in [1.29, 1.82) is 0 Å². The Morgan fingerprint density at radius 2 is 0.586 bits per heavy atom. The van der Waals surface area contributed by atoms with E-state index in [0.717, 1.165) is 78.2 Å². The van der Waals surface area contributed by atoms with Gasteiger partial charge < -0.3 is 9.13 Å². The number of fused-ring (bicyclic) bond motifs is 6. The second-order valence-electron chi connectivity index (χ2n) is 14.4. The van der Waals surface area contributed by atoms with Crippen LogP contribution in [0.25, 0.3) is 88.4 Å². The molecule has 0 atom stereocenters. The first-order chi connectivity index (χ1) is 28.0. The maximum Gasteiger partial charge on any atom is 0.416 e. The van der Waals surface area contributed by atoms with Crippen molar-refractivity contribution in [3.8, 4) is 44.8 Å². The van der Waals surface area contributed by atoms with Gasteiger partial charge in [-0.2, -0.15) is 26.3 Å². The fraction of sp³-hybridized carbons (Fsp3) is 0.0400. The first-order valence-electron chi connectivity index (χ1n) is 18.7. The topological polar surface area (TPSA) is 9.86 Å². The zero-order chi connectivity index (χ0) is 39.8. The molecular formula is C50H30F6N2. The van der Waals surface area contributed by atoms with E-state index in [-0.39, 0.29) is 17.2 Å². The Kier molecular flexibility index (Phi) is 8.09. The maximum atomic E-state index is 14.3. The third-order valence-corrected chi connectivity index (χ3v) is 10.9. The van der Waals surface area contributed by atoms with Crippen LogP contribution in [0.1, 0.15) is 11.1 Å². The van der Waals surface area contributed by atoms with Crippen molar-refractivity contribution in [1.82, 2.24) is 9.13 Å². The van der Waals surface area contributed by atoms with Crippen LogP contribution in [0.3, 0.4) is 0 Å². The van der Waals surface area contributed by atoms with E-state index in [1.54, 1.807) is 12.1 Å². The van der Waals surface area contributed by atoms with Gasteiger partial charge in [-0.25, -0.2) is 0 Å². The molecule has 0 saturated heterocycles. The molecule has 0 amide bonds. The third-order valence-electron chi connectivity index (χ3n) is 10.9. The molecular weight excluding hydrogens is 743 g/mol. The van der Waals surface area contributed by atoms with Gasteiger partial charge >= 0.3 is 12.4 Å². The smallest absolute Gasteiger partial charge is 0.309 e. The molecule has 0 N–H and O–H groups in total. The van der Waals surface area contributed by atoms with Gasteiger partial charge in [0.1, 0.15) is 0 Å². The van der Waals surface area contributed by atoms with Gasteiger partial charge in [0.2, 0.25) is 0 Å². The molecule has 8 heteroatoms. The minimum Gasteiger partial charge on any atom is -0.309 e. The average molecular weight is 773 g/mol. The molecule has 8 aromatic carbocycles. The number of hydrogen-bond donors (Lipinski definition) is 0. The van der Waals surface area contributed by atoms with E-state index in [4.69, 9.17) is 0 Å². The van der Waals surface area contributed by atoms with Crippen LogP contribution in [-0.4, -0.2) is 9.13 Å². The van der Waals surface area contributed by atoms with E-state index in [1.165, 1.54) is 0 Å². The fourth-order valence-corrected chi connectivity index (χ4v) is 8.42. The van der Waals surface area contributed by atoms with Crippen LogP contribution in [0.4, 0.5) is 26.3 Å². The van der Waals surface area contributed by atoms with Crippen LogP contribution in [0.15, 0.2) is 182 Å². The van der Waals surface area contributed by atoms with E-state index < -0.39 is 23.5 Å². The fourth-order valence-electron chi connectivity index (χ4n) is 8.42. The Morgan fingerprint density at radius 3 is 0.948 bits per heavy atom. The highest BCUT2D eigenvalue weighted by Crippen LogP contribution is 2.44. The van der Waals surface area contributed by atoms with Gasteiger partial charge in [-0.3, -0.25) is 0 Å². The summed E-state index contributed by atoms with van der Waals surface area (Å²) in [5.41, 5.74) is 5.42. The predicted octanol–water partition coefficient (Wildman–Crippen LogP) is 14.9. The Bertz CT molecular complexity index is 2900.